The molecular weight excluding hydrogens is 332 g/mol. The summed E-state index contributed by atoms with van der Waals surface area (Å²) in [6.07, 6.45) is 1.75. The summed E-state index contributed by atoms with van der Waals surface area (Å²) in [6.45, 7) is 2.70. The van der Waals surface area contributed by atoms with Crippen LogP contribution in [0, 0.1) is 5.92 Å². The summed E-state index contributed by atoms with van der Waals surface area (Å²) in [7, 11) is 3.15. The Hall–Kier alpha value is -3.02. The molecule has 2 rings (SSSR count). The van der Waals surface area contributed by atoms with Crippen LogP contribution in [0.5, 0.6) is 11.5 Å². The van der Waals surface area contributed by atoms with Crippen molar-refractivity contribution in [3.05, 3.63) is 48.0 Å². The number of aliphatic imine (C=N–C) groups is 1. The van der Waals surface area contributed by atoms with Crippen molar-refractivity contribution in [3.8, 4) is 11.5 Å². The average Bonchev–Trinajstić information content (AvgIpc) is 2.66. The predicted molar refractivity (Wildman–Crippen MR) is 103 cm³/mol. The second-order valence-corrected chi connectivity index (χ2v) is 5.67. The zero-order valence-corrected chi connectivity index (χ0v) is 15.2. The van der Waals surface area contributed by atoms with Crippen LogP contribution < -0.4 is 14.8 Å². The van der Waals surface area contributed by atoms with Crippen LogP contribution in [0.1, 0.15) is 12.5 Å². The summed E-state index contributed by atoms with van der Waals surface area (Å²) >= 11 is 0. The van der Waals surface area contributed by atoms with Gasteiger partial charge in [-0.15, -0.1) is 0 Å². The molecule has 0 bridgehead atoms. The molecule has 0 aliphatic heterocycles. The van der Waals surface area contributed by atoms with E-state index in [2.05, 4.69) is 10.3 Å². The molecule has 0 saturated heterocycles. The first-order valence-corrected chi connectivity index (χ1v) is 8.39. The number of benzene rings is 2. The first-order valence-electron chi connectivity index (χ1n) is 8.39. The summed E-state index contributed by atoms with van der Waals surface area (Å²) in [5.74, 6) is -0.455. The maximum atomic E-state index is 11.6. The highest BCUT2D eigenvalue weighted by atomic mass is 16.5. The molecule has 26 heavy (non-hydrogen) atoms. The van der Waals surface area contributed by atoms with Gasteiger partial charge in [-0.1, -0.05) is 18.2 Å². The molecule has 1 unspecified atom stereocenters. The second-order valence-electron chi connectivity index (χ2n) is 5.67. The van der Waals surface area contributed by atoms with E-state index in [0.29, 0.717) is 18.0 Å². The van der Waals surface area contributed by atoms with Crippen LogP contribution in [-0.4, -0.2) is 38.1 Å². The minimum absolute atomic E-state index is 0.283. The summed E-state index contributed by atoms with van der Waals surface area (Å²) in [5.41, 5.74) is 2.27. The van der Waals surface area contributed by atoms with E-state index in [1.165, 1.54) is 6.21 Å². The number of nitrogens with one attached hydrogen (secondary N) is 1. The summed E-state index contributed by atoms with van der Waals surface area (Å²) in [5, 5.41) is 12.7. The highest BCUT2D eigenvalue weighted by molar-refractivity contribution is 5.90. The van der Waals surface area contributed by atoms with Crippen molar-refractivity contribution in [2.24, 2.45) is 10.9 Å². The highest BCUT2D eigenvalue weighted by Crippen LogP contribution is 2.36. The number of hydrogen-bond donors (Lipinski definition) is 2. The molecule has 2 aromatic carbocycles. The van der Waals surface area contributed by atoms with Crippen molar-refractivity contribution in [3.63, 3.8) is 0 Å². The van der Waals surface area contributed by atoms with Gasteiger partial charge in [-0.05, 0) is 43.2 Å². The number of ether oxygens (including phenoxy) is 2. The number of carbonyl (C=O) groups is 1. The Morgan fingerprint density at radius 2 is 1.81 bits per heavy atom. The van der Waals surface area contributed by atoms with Gasteiger partial charge in [0.15, 0.2) is 0 Å². The van der Waals surface area contributed by atoms with Gasteiger partial charge < -0.3 is 19.9 Å². The van der Waals surface area contributed by atoms with E-state index in [0.717, 1.165) is 16.9 Å². The van der Waals surface area contributed by atoms with Crippen LogP contribution >= 0.6 is 0 Å². The molecule has 0 aliphatic rings. The predicted octanol–water partition coefficient (Wildman–Crippen LogP) is 3.78. The van der Waals surface area contributed by atoms with Crippen molar-refractivity contribution in [2.45, 2.75) is 13.3 Å². The van der Waals surface area contributed by atoms with Gasteiger partial charge in [0, 0.05) is 12.8 Å². The molecule has 0 amide bonds. The fourth-order valence-electron chi connectivity index (χ4n) is 2.58. The number of nitrogens with zero attached hydrogens (tertiary/aromatic N) is 1. The molecule has 138 valence electrons. The number of carboxylic acids is 1. The van der Waals surface area contributed by atoms with Crippen molar-refractivity contribution < 1.29 is 19.4 Å². The van der Waals surface area contributed by atoms with Crippen LogP contribution in [0.15, 0.2) is 47.5 Å². The van der Waals surface area contributed by atoms with Crippen LogP contribution in [0.25, 0.3) is 0 Å². The summed E-state index contributed by atoms with van der Waals surface area (Å²) in [6, 6.07) is 12.9. The molecule has 6 nitrogen and oxygen atoms in total. The molecule has 0 saturated carbocycles. The lowest BCUT2D eigenvalue weighted by Crippen LogP contribution is -2.18. The normalized spacial score (nSPS) is 12.0. The Balaban J connectivity index is 2.28. The molecule has 0 radical (unpaired) electrons. The van der Waals surface area contributed by atoms with Gasteiger partial charge in [0.1, 0.15) is 17.2 Å². The lowest BCUT2D eigenvalue weighted by molar-refractivity contribution is -0.139. The van der Waals surface area contributed by atoms with E-state index in [1.807, 2.05) is 49.4 Å². The van der Waals surface area contributed by atoms with Gasteiger partial charge in [-0.25, -0.2) is 0 Å². The molecule has 2 N–H and O–H groups in total. The molecule has 0 heterocycles. The smallest absolute Gasteiger partial charge is 0.312 e. The van der Waals surface area contributed by atoms with Gasteiger partial charge in [0.2, 0.25) is 0 Å². The van der Waals surface area contributed by atoms with Crippen LogP contribution in [0.4, 0.5) is 11.4 Å². The zero-order chi connectivity index (χ0) is 18.9. The molecule has 0 fully saturated rings. The maximum Gasteiger partial charge on any atom is 0.312 e. The Morgan fingerprint density at radius 3 is 2.31 bits per heavy atom. The first kappa shape index (κ1) is 19.3. The molecule has 0 aliphatic carbocycles. The second kappa shape index (κ2) is 9.46. The van der Waals surface area contributed by atoms with Crippen LogP contribution in [0.3, 0.4) is 0 Å². The number of anilines is 1. The fraction of sp³-hybridized carbons (Fsp3) is 0.300. The number of methoxy groups -OCH3 is 2. The molecule has 2 aromatic rings. The summed E-state index contributed by atoms with van der Waals surface area (Å²) < 4.78 is 10.9. The van der Waals surface area contributed by atoms with Gasteiger partial charge in [-0.2, -0.15) is 0 Å². The molecule has 1 atom stereocenters. The number of rotatable bonds is 9. The Kier molecular flexibility index (Phi) is 7.02. The third-order valence-corrected chi connectivity index (χ3v) is 3.85. The first-order chi connectivity index (χ1) is 12.6. The topological polar surface area (TPSA) is 80.2 Å². The number of hydrogen-bond acceptors (Lipinski definition) is 5. The van der Waals surface area contributed by atoms with E-state index < -0.39 is 11.9 Å². The van der Waals surface area contributed by atoms with Crippen LogP contribution in [-0.2, 0) is 11.2 Å². The lowest BCUT2D eigenvalue weighted by atomic mass is 9.99. The molecule has 6 heteroatoms. The van der Waals surface area contributed by atoms with Gasteiger partial charge in [0.05, 0.1) is 25.8 Å². The SMILES string of the molecule is CCNc1c(OC)cc(CC(C=Nc2ccccc2)C(=O)O)cc1OC. The largest absolute Gasteiger partial charge is 0.494 e. The zero-order valence-electron chi connectivity index (χ0n) is 15.2. The maximum absolute atomic E-state index is 11.6. The van der Waals surface area contributed by atoms with Crippen molar-refractivity contribution in [2.75, 3.05) is 26.1 Å². The number of para-hydroxylation sites is 1. The van der Waals surface area contributed by atoms with Gasteiger partial charge in [0.25, 0.3) is 0 Å². The Labute approximate surface area is 153 Å². The van der Waals surface area contributed by atoms with Crippen molar-refractivity contribution >= 4 is 23.6 Å². The Bertz CT molecular complexity index is 735. The quantitative estimate of drug-likeness (QED) is 0.668. The van der Waals surface area contributed by atoms with E-state index in [9.17, 15) is 9.90 Å². The fourth-order valence-corrected chi connectivity index (χ4v) is 2.58. The number of carboxylic acid groups (broad SMARTS) is 1. The molecule has 0 aromatic heterocycles. The lowest BCUT2D eigenvalue weighted by Gasteiger charge is -2.17. The monoisotopic (exact) mass is 356 g/mol. The Morgan fingerprint density at radius 1 is 1.19 bits per heavy atom. The van der Waals surface area contributed by atoms with Crippen molar-refractivity contribution in [1.82, 2.24) is 0 Å². The van der Waals surface area contributed by atoms with E-state index >= 15 is 0 Å². The third-order valence-electron chi connectivity index (χ3n) is 3.85. The minimum atomic E-state index is -0.932. The van der Waals surface area contributed by atoms with Crippen molar-refractivity contribution in [1.29, 1.82) is 0 Å². The summed E-state index contributed by atoms with van der Waals surface area (Å²) in [4.78, 5) is 15.9. The van der Waals surface area contributed by atoms with E-state index in [1.54, 1.807) is 14.2 Å². The van der Waals surface area contributed by atoms with E-state index in [4.69, 9.17) is 9.47 Å². The van der Waals surface area contributed by atoms with Crippen LogP contribution in [0.2, 0.25) is 0 Å². The van der Waals surface area contributed by atoms with Gasteiger partial charge in [-0.3, -0.25) is 9.79 Å². The minimum Gasteiger partial charge on any atom is -0.494 e. The van der Waals surface area contributed by atoms with E-state index in [-0.39, 0.29) is 6.42 Å². The van der Waals surface area contributed by atoms with Gasteiger partial charge >= 0.3 is 5.97 Å². The number of aliphatic carboxylic acids is 1. The highest BCUT2D eigenvalue weighted by Gasteiger charge is 2.19. The molecule has 0 spiro atoms. The third kappa shape index (κ3) is 4.99. The standard InChI is InChI=1S/C20H24N2O4/c1-4-21-19-17(25-2)11-14(12-18(19)26-3)10-15(20(23)24)13-22-16-8-6-5-7-9-16/h5-9,11-13,15,21H,4,10H2,1-3H3,(H,23,24). The average molecular weight is 356 g/mol. The molecular formula is C20H24N2O4.